The maximum atomic E-state index is 14.9. The van der Waals surface area contributed by atoms with E-state index in [-0.39, 0.29) is 59.4 Å². The summed E-state index contributed by atoms with van der Waals surface area (Å²) in [6.07, 6.45) is 4.73. The van der Waals surface area contributed by atoms with Gasteiger partial charge in [0.25, 0.3) is 11.8 Å². The van der Waals surface area contributed by atoms with Gasteiger partial charge in [-0.2, -0.15) is 5.10 Å². The number of amides is 2. The number of rotatable bonds is 6. The third-order valence-electron chi connectivity index (χ3n) is 9.85. The molecule has 0 radical (unpaired) electrons. The van der Waals surface area contributed by atoms with E-state index in [1.807, 2.05) is 0 Å². The first-order valence-corrected chi connectivity index (χ1v) is 16.3. The zero-order valence-electron chi connectivity index (χ0n) is 25.4. The quantitative estimate of drug-likeness (QED) is 0.490. The summed E-state index contributed by atoms with van der Waals surface area (Å²) in [5.74, 6) is -3.92. The minimum atomic E-state index is -2.91. The topological polar surface area (TPSA) is 121 Å². The van der Waals surface area contributed by atoms with E-state index >= 15 is 0 Å². The van der Waals surface area contributed by atoms with Crippen molar-refractivity contribution in [1.29, 1.82) is 0 Å². The molecule has 0 bridgehead atoms. The molecule has 0 aromatic carbocycles. The lowest BCUT2D eigenvalue weighted by atomic mass is 9.70. The number of nitrogens with zero attached hydrogens (tertiary/aromatic N) is 4. The van der Waals surface area contributed by atoms with Gasteiger partial charge in [-0.3, -0.25) is 14.7 Å². The average Bonchev–Trinajstić information content (AvgIpc) is 3.56. The van der Waals surface area contributed by atoms with Crippen LogP contribution in [-0.2, 0) is 15.8 Å². The number of likely N-dealkylation sites (tertiary alicyclic amines) is 1. The standard InChI is InChI=1S/C30H39F3N6O4S/c1-27(2,3)44(42)39-17-30(32,33)29(39)8-5-19(6-9-29)35-25(40)18-7-12-38(28(15-18)10-11-28)26(41)23-14-22(36-37-23)20-13-24(43-4)34-16-21(20)31/h13-14,16,18-19H,5-12,15,17H2,1-4H3,(H,35,40)(H,36,37). The number of aromatic nitrogens is 3. The van der Waals surface area contributed by atoms with Crippen molar-refractivity contribution in [2.24, 2.45) is 5.92 Å². The van der Waals surface area contributed by atoms with Gasteiger partial charge in [0.15, 0.2) is 5.82 Å². The largest absolute Gasteiger partial charge is 0.481 e. The Kier molecular flexibility index (Phi) is 7.62. The summed E-state index contributed by atoms with van der Waals surface area (Å²) in [5.41, 5.74) is -1.19. The molecule has 2 unspecified atom stereocenters. The van der Waals surface area contributed by atoms with Crippen LogP contribution >= 0.6 is 0 Å². The molecule has 2 N–H and O–H groups in total. The summed E-state index contributed by atoms with van der Waals surface area (Å²) >= 11 is 0. The van der Waals surface area contributed by atoms with E-state index in [9.17, 15) is 27.0 Å². The molecule has 44 heavy (non-hydrogen) atoms. The van der Waals surface area contributed by atoms with Crippen LogP contribution < -0.4 is 10.1 Å². The third kappa shape index (κ3) is 5.21. The number of hydrogen-bond donors (Lipinski definition) is 2. The Labute approximate surface area is 257 Å². The van der Waals surface area contributed by atoms with Crippen LogP contribution in [0.1, 0.15) is 82.6 Å². The molecular formula is C30H39F3N6O4S. The molecule has 240 valence electrons. The fraction of sp³-hybridized carbons (Fsp3) is 0.667. The number of aromatic amines is 1. The maximum Gasteiger partial charge on any atom is 0.280 e. The Balaban J connectivity index is 1.06. The minimum absolute atomic E-state index is 0.106. The van der Waals surface area contributed by atoms with Crippen molar-refractivity contribution >= 4 is 22.8 Å². The number of carbonyl (C=O) groups excluding carboxylic acids is 2. The van der Waals surface area contributed by atoms with Crippen LogP contribution in [0.2, 0.25) is 0 Å². The summed E-state index contributed by atoms with van der Waals surface area (Å²) in [4.78, 5) is 32.5. The number of carbonyl (C=O) groups is 2. The SMILES string of the molecule is COc1cc(-c2cc(C(=O)N3CCC(C(=O)NC4CCC5(CC4)N(S(=O)C(C)(C)C)CC5(F)F)CC34CC4)[nH]n2)c(F)cn1. The van der Waals surface area contributed by atoms with Crippen molar-refractivity contribution in [3.8, 4) is 17.1 Å². The molecule has 6 rings (SSSR count). The summed E-state index contributed by atoms with van der Waals surface area (Å²) in [6, 6.07) is 2.70. The second kappa shape index (κ2) is 10.8. The van der Waals surface area contributed by atoms with Crippen molar-refractivity contribution in [1.82, 2.24) is 29.7 Å². The summed E-state index contributed by atoms with van der Waals surface area (Å²) in [7, 11) is -0.110. The first-order valence-electron chi connectivity index (χ1n) is 15.1. The van der Waals surface area contributed by atoms with Crippen LogP contribution in [0, 0.1) is 11.7 Å². The summed E-state index contributed by atoms with van der Waals surface area (Å²) in [5, 5.41) is 9.98. The average molecular weight is 637 g/mol. The third-order valence-corrected chi connectivity index (χ3v) is 11.8. The van der Waals surface area contributed by atoms with Gasteiger partial charge in [-0.25, -0.2) is 26.7 Å². The fourth-order valence-corrected chi connectivity index (χ4v) is 8.66. The molecule has 2 saturated carbocycles. The van der Waals surface area contributed by atoms with Gasteiger partial charge in [0.05, 0.1) is 35.8 Å². The Morgan fingerprint density at radius 3 is 2.45 bits per heavy atom. The highest BCUT2D eigenvalue weighted by Gasteiger charge is 2.69. The van der Waals surface area contributed by atoms with E-state index in [4.69, 9.17) is 4.74 Å². The number of halogens is 3. The van der Waals surface area contributed by atoms with Gasteiger partial charge in [0, 0.05) is 35.7 Å². The first-order chi connectivity index (χ1) is 20.7. The van der Waals surface area contributed by atoms with E-state index in [1.165, 1.54) is 23.5 Å². The number of piperidine rings is 1. The molecule has 2 atom stereocenters. The van der Waals surface area contributed by atoms with Crippen LogP contribution in [0.3, 0.4) is 0 Å². The number of methoxy groups -OCH3 is 1. The molecule has 2 amide bonds. The van der Waals surface area contributed by atoms with Crippen LogP contribution in [0.5, 0.6) is 5.88 Å². The van der Waals surface area contributed by atoms with Crippen LogP contribution in [0.4, 0.5) is 13.2 Å². The van der Waals surface area contributed by atoms with Gasteiger partial charge in [0.1, 0.15) is 16.7 Å². The molecule has 2 aliphatic carbocycles. The van der Waals surface area contributed by atoms with E-state index in [0.29, 0.717) is 32.2 Å². The molecule has 4 fully saturated rings. The molecule has 2 aromatic rings. The van der Waals surface area contributed by atoms with Crippen molar-refractivity contribution in [3.63, 3.8) is 0 Å². The monoisotopic (exact) mass is 636 g/mol. The lowest BCUT2D eigenvalue weighted by molar-refractivity contribution is -0.222. The number of alkyl halides is 2. The van der Waals surface area contributed by atoms with Gasteiger partial charge in [0.2, 0.25) is 11.8 Å². The van der Waals surface area contributed by atoms with Crippen LogP contribution in [-0.4, -0.2) is 88.4 Å². The Bertz CT molecular complexity index is 1480. The van der Waals surface area contributed by atoms with Gasteiger partial charge in [-0.15, -0.1) is 0 Å². The molecule has 2 aromatic heterocycles. The normalized spacial score (nSPS) is 28.4. The van der Waals surface area contributed by atoms with E-state index in [2.05, 4.69) is 20.5 Å². The maximum absolute atomic E-state index is 14.9. The van der Waals surface area contributed by atoms with E-state index in [0.717, 1.165) is 19.0 Å². The molecule has 2 spiro atoms. The van der Waals surface area contributed by atoms with Crippen LogP contribution in [0.15, 0.2) is 18.3 Å². The smallest absolute Gasteiger partial charge is 0.280 e. The number of H-pyrrole nitrogens is 1. The number of pyridine rings is 1. The molecule has 4 heterocycles. The van der Waals surface area contributed by atoms with Gasteiger partial charge < -0.3 is 15.0 Å². The number of ether oxygens (including phenoxy) is 1. The van der Waals surface area contributed by atoms with Crippen molar-refractivity contribution in [3.05, 3.63) is 29.8 Å². The van der Waals surface area contributed by atoms with Crippen LogP contribution in [0.25, 0.3) is 11.3 Å². The molecule has 2 saturated heterocycles. The number of nitrogens with one attached hydrogen (secondary N) is 2. The summed E-state index contributed by atoms with van der Waals surface area (Å²) < 4.78 is 63.1. The molecule has 4 aliphatic rings. The van der Waals surface area contributed by atoms with Gasteiger partial charge in [-0.05, 0) is 78.2 Å². The molecule has 2 aliphatic heterocycles. The minimum Gasteiger partial charge on any atom is -0.481 e. The highest BCUT2D eigenvalue weighted by molar-refractivity contribution is 7.84. The highest BCUT2D eigenvalue weighted by Crippen LogP contribution is 2.55. The Morgan fingerprint density at radius 2 is 1.84 bits per heavy atom. The van der Waals surface area contributed by atoms with Gasteiger partial charge >= 0.3 is 0 Å². The molecule has 14 heteroatoms. The zero-order chi connectivity index (χ0) is 31.7. The van der Waals surface area contributed by atoms with Crippen molar-refractivity contribution in [2.75, 3.05) is 20.2 Å². The second-order valence-corrected chi connectivity index (χ2v) is 15.8. The molecular weight excluding hydrogens is 597 g/mol. The number of hydrogen-bond acceptors (Lipinski definition) is 6. The Morgan fingerprint density at radius 1 is 1.14 bits per heavy atom. The predicted octanol–water partition coefficient (Wildman–Crippen LogP) is 4.21. The predicted molar refractivity (Wildman–Crippen MR) is 157 cm³/mol. The lowest BCUT2D eigenvalue weighted by Crippen LogP contribution is -2.77. The van der Waals surface area contributed by atoms with E-state index < -0.39 is 45.1 Å². The van der Waals surface area contributed by atoms with Gasteiger partial charge in [-0.1, -0.05) is 0 Å². The van der Waals surface area contributed by atoms with Crippen molar-refractivity contribution in [2.45, 2.75) is 99.9 Å². The first kappa shape index (κ1) is 31.0. The molecule has 10 nitrogen and oxygen atoms in total. The highest BCUT2D eigenvalue weighted by atomic mass is 32.2. The summed E-state index contributed by atoms with van der Waals surface area (Å²) in [6.45, 7) is 5.26. The fourth-order valence-electron chi connectivity index (χ4n) is 7.09. The Hall–Kier alpha value is -3.00. The van der Waals surface area contributed by atoms with Crippen molar-refractivity contribution < 1.29 is 31.7 Å². The lowest BCUT2D eigenvalue weighted by Gasteiger charge is -2.60. The zero-order valence-corrected chi connectivity index (χ0v) is 26.2. The van der Waals surface area contributed by atoms with E-state index in [1.54, 1.807) is 25.7 Å². The second-order valence-electron chi connectivity index (χ2n) is 13.7.